The van der Waals surface area contributed by atoms with Gasteiger partial charge in [-0.3, -0.25) is 4.79 Å². The first-order valence-corrected chi connectivity index (χ1v) is 6.67. The first-order valence-electron chi connectivity index (χ1n) is 6.67. The van der Waals surface area contributed by atoms with Crippen LogP contribution in [0.3, 0.4) is 0 Å². The normalized spacial score (nSPS) is 18.2. The predicted octanol–water partition coefficient (Wildman–Crippen LogP) is 1.64. The van der Waals surface area contributed by atoms with Crippen molar-refractivity contribution in [3.63, 3.8) is 0 Å². The summed E-state index contributed by atoms with van der Waals surface area (Å²) in [6.45, 7) is 2.81. The second-order valence-electron chi connectivity index (χ2n) is 5.05. The van der Waals surface area contributed by atoms with Crippen LogP contribution in [0.5, 0.6) is 0 Å². The topological polar surface area (TPSA) is 69.6 Å². The minimum atomic E-state index is -1.08. The smallest absolute Gasteiger partial charge is 0.328 e. The number of carboxylic acids is 1. The van der Waals surface area contributed by atoms with E-state index in [4.69, 9.17) is 5.11 Å². The van der Waals surface area contributed by atoms with Crippen molar-refractivity contribution in [1.29, 1.82) is 0 Å². The Morgan fingerprint density at radius 2 is 2.19 bits per heavy atom. The van der Waals surface area contributed by atoms with Crippen LogP contribution in [-0.4, -0.2) is 36.1 Å². The zero-order valence-electron chi connectivity index (χ0n) is 11.7. The van der Waals surface area contributed by atoms with E-state index in [-0.39, 0.29) is 11.9 Å². The molecule has 2 N–H and O–H groups in total. The van der Waals surface area contributed by atoms with E-state index in [1.807, 2.05) is 4.90 Å². The van der Waals surface area contributed by atoms with Crippen LogP contribution in [0.25, 0.3) is 6.08 Å². The molecule has 1 fully saturated rings. The first-order chi connectivity index (χ1) is 9.94. The number of carboxylic acid groups (broad SMARTS) is 1. The molecule has 1 heterocycles. The van der Waals surface area contributed by atoms with Crippen molar-refractivity contribution in [3.05, 3.63) is 35.7 Å². The average molecular weight is 292 g/mol. The zero-order valence-corrected chi connectivity index (χ0v) is 11.7. The molecule has 1 aromatic rings. The minimum Gasteiger partial charge on any atom is -0.478 e. The quantitative estimate of drug-likeness (QED) is 0.828. The van der Waals surface area contributed by atoms with Crippen LogP contribution in [0.15, 0.2) is 24.3 Å². The first kappa shape index (κ1) is 15.0. The van der Waals surface area contributed by atoms with Crippen LogP contribution in [0, 0.1) is 5.82 Å². The highest BCUT2D eigenvalue weighted by atomic mass is 19.1. The van der Waals surface area contributed by atoms with Crippen molar-refractivity contribution in [3.8, 4) is 0 Å². The number of nitrogens with zero attached hydrogens (tertiary/aromatic N) is 1. The van der Waals surface area contributed by atoms with Crippen molar-refractivity contribution in [1.82, 2.24) is 5.32 Å². The van der Waals surface area contributed by atoms with Gasteiger partial charge in [0.1, 0.15) is 5.82 Å². The number of carbonyl (C=O) groups excluding carboxylic acids is 1. The average Bonchev–Trinajstić information content (AvgIpc) is 2.83. The van der Waals surface area contributed by atoms with Crippen molar-refractivity contribution >= 4 is 23.6 Å². The number of nitrogens with one attached hydrogen (secondary N) is 1. The third-order valence-corrected chi connectivity index (χ3v) is 3.28. The molecule has 1 atom stereocenters. The fourth-order valence-corrected chi connectivity index (χ4v) is 2.44. The van der Waals surface area contributed by atoms with Gasteiger partial charge < -0.3 is 15.3 Å². The van der Waals surface area contributed by atoms with Gasteiger partial charge in [-0.1, -0.05) is 0 Å². The standard InChI is InChI=1S/C15H17FN2O3/c1-10(19)17-13-4-5-18(9-13)14-7-11(2-3-15(20)21)6-12(16)8-14/h2-3,6-8,13H,4-5,9H2,1H3,(H,17,19)(H,20,21)/b3-2+. The molecule has 1 aliphatic heterocycles. The molecular formula is C15H17FN2O3. The van der Waals surface area contributed by atoms with Gasteiger partial charge in [0, 0.05) is 37.8 Å². The second-order valence-corrected chi connectivity index (χ2v) is 5.05. The Morgan fingerprint density at radius 1 is 1.43 bits per heavy atom. The molecule has 0 bridgehead atoms. The van der Waals surface area contributed by atoms with E-state index >= 15 is 0 Å². The number of halogens is 1. The van der Waals surface area contributed by atoms with Gasteiger partial charge >= 0.3 is 5.97 Å². The Kier molecular flexibility index (Phi) is 4.57. The highest BCUT2D eigenvalue weighted by Gasteiger charge is 2.23. The van der Waals surface area contributed by atoms with Gasteiger partial charge in [0.15, 0.2) is 0 Å². The van der Waals surface area contributed by atoms with Gasteiger partial charge in [-0.05, 0) is 36.3 Å². The summed E-state index contributed by atoms with van der Waals surface area (Å²) in [7, 11) is 0. The van der Waals surface area contributed by atoms with Crippen molar-refractivity contribution < 1.29 is 19.1 Å². The zero-order chi connectivity index (χ0) is 15.4. The predicted molar refractivity (Wildman–Crippen MR) is 77.5 cm³/mol. The Hall–Kier alpha value is -2.37. The van der Waals surface area contributed by atoms with Gasteiger partial charge in [-0.25, -0.2) is 9.18 Å². The molecule has 21 heavy (non-hydrogen) atoms. The van der Waals surface area contributed by atoms with Crippen LogP contribution in [0.2, 0.25) is 0 Å². The Labute approximate surface area is 122 Å². The van der Waals surface area contributed by atoms with E-state index in [2.05, 4.69) is 5.32 Å². The molecule has 112 valence electrons. The van der Waals surface area contributed by atoms with E-state index in [0.717, 1.165) is 19.0 Å². The van der Waals surface area contributed by atoms with E-state index < -0.39 is 11.8 Å². The molecule has 1 aliphatic rings. The summed E-state index contributed by atoms with van der Waals surface area (Å²) in [5.74, 6) is -1.57. The molecular weight excluding hydrogens is 275 g/mol. The Balaban J connectivity index is 2.13. The number of aliphatic carboxylic acids is 1. The summed E-state index contributed by atoms with van der Waals surface area (Å²) in [4.78, 5) is 23.5. The van der Waals surface area contributed by atoms with E-state index in [1.54, 1.807) is 6.07 Å². The summed E-state index contributed by atoms with van der Waals surface area (Å²) in [5, 5.41) is 11.5. The molecule has 0 spiro atoms. The van der Waals surface area contributed by atoms with E-state index in [1.165, 1.54) is 25.1 Å². The summed E-state index contributed by atoms with van der Waals surface area (Å²) >= 11 is 0. The minimum absolute atomic E-state index is 0.0591. The molecule has 0 saturated carbocycles. The molecule has 2 rings (SSSR count). The number of carbonyl (C=O) groups is 2. The summed E-state index contributed by atoms with van der Waals surface area (Å²) in [5.41, 5.74) is 1.18. The molecule has 1 saturated heterocycles. The fourth-order valence-electron chi connectivity index (χ4n) is 2.44. The van der Waals surface area contributed by atoms with Crippen molar-refractivity contribution in [2.24, 2.45) is 0 Å². The molecule has 1 aromatic carbocycles. The van der Waals surface area contributed by atoms with E-state index in [0.29, 0.717) is 17.8 Å². The van der Waals surface area contributed by atoms with Crippen LogP contribution < -0.4 is 10.2 Å². The van der Waals surface area contributed by atoms with Gasteiger partial charge in [-0.15, -0.1) is 0 Å². The highest BCUT2D eigenvalue weighted by Crippen LogP contribution is 2.23. The fraction of sp³-hybridized carbons (Fsp3) is 0.333. The molecule has 0 aromatic heterocycles. The van der Waals surface area contributed by atoms with Gasteiger partial charge in [0.05, 0.1) is 0 Å². The molecule has 0 aliphatic carbocycles. The van der Waals surface area contributed by atoms with E-state index in [9.17, 15) is 14.0 Å². The lowest BCUT2D eigenvalue weighted by atomic mass is 10.1. The lowest BCUT2D eigenvalue weighted by molar-refractivity contribution is -0.131. The number of rotatable bonds is 4. The summed E-state index contributed by atoms with van der Waals surface area (Å²) in [6.07, 6.45) is 3.13. The molecule has 1 amide bonds. The Morgan fingerprint density at radius 3 is 2.86 bits per heavy atom. The van der Waals surface area contributed by atoms with Crippen LogP contribution in [0.4, 0.5) is 10.1 Å². The number of benzene rings is 1. The number of hydrogen-bond donors (Lipinski definition) is 2. The number of amides is 1. The SMILES string of the molecule is CC(=O)NC1CCN(c2cc(F)cc(/C=C/C(=O)O)c2)C1. The van der Waals surface area contributed by atoms with Gasteiger partial charge in [-0.2, -0.15) is 0 Å². The van der Waals surface area contributed by atoms with Gasteiger partial charge in [0.25, 0.3) is 0 Å². The maximum Gasteiger partial charge on any atom is 0.328 e. The van der Waals surface area contributed by atoms with Crippen molar-refractivity contribution in [2.75, 3.05) is 18.0 Å². The Bertz CT molecular complexity index is 586. The van der Waals surface area contributed by atoms with Crippen LogP contribution in [-0.2, 0) is 9.59 Å². The lowest BCUT2D eigenvalue weighted by Gasteiger charge is -2.19. The molecule has 0 radical (unpaired) electrons. The van der Waals surface area contributed by atoms with Crippen LogP contribution >= 0.6 is 0 Å². The number of hydrogen-bond acceptors (Lipinski definition) is 3. The second kappa shape index (κ2) is 6.39. The lowest BCUT2D eigenvalue weighted by Crippen LogP contribution is -2.35. The number of anilines is 1. The third kappa shape index (κ3) is 4.30. The summed E-state index contributed by atoms with van der Waals surface area (Å²) < 4.78 is 13.6. The largest absolute Gasteiger partial charge is 0.478 e. The third-order valence-electron chi connectivity index (χ3n) is 3.28. The van der Waals surface area contributed by atoms with Crippen LogP contribution in [0.1, 0.15) is 18.9 Å². The van der Waals surface area contributed by atoms with Gasteiger partial charge in [0.2, 0.25) is 5.91 Å². The maximum absolute atomic E-state index is 13.6. The monoisotopic (exact) mass is 292 g/mol. The van der Waals surface area contributed by atoms with Crippen molar-refractivity contribution in [2.45, 2.75) is 19.4 Å². The molecule has 5 nitrogen and oxygen atoms in total. The highest BCUT2D eigenvalue weighted by molar-refractivity contribution is 5.85. The maximum atomic E-state index is 13.6. The summed E-state index contributed by atoms with van der Waals surface area (Å²) in [6, 6.07) is 4.49. The molecule has 1 unspecified atom stereocenters. The molecule has 6 heteroatoms.